The number of nitrogens with two attached hydrogens (primary N) is 2. The van der Waals surface area contributed by atoms with Crippen molar-refractivity contribution in [2.45, 2.75) is 51.6 Å². The van der Waals surface area contributed by atoms with E-state index in [-0.39, 0.29) is 0 Å². The van der Waals surface area contributed by atoms with Crippen molar-refractivity contribution in [1.82, 2.24) is 0 Å². The molecule has 0 aliphatic carbocycles. The van der Waals surface area contributed by atoms with Gasteiger partial charge in [-0.2, -0.15) is 0 Å². The Labute approximate surface area is 134 Å². The molecule has 0 spiro atoms. The molecule has 0 saturated heterocycles. The summed E-state index contributed by atoms with van der Waals surface area (Å²) in [6.07, 6.45) is 3.46. The third kappa shape index (κ3) is 3.76. The quantitative estimate of drug-likeness (QED) is 0.782. The molecule has 0 aliphatic heterocycles. The van der Waals surface area contributed by atoms with Gasteiger partial charge in [0.05, 0.1) is 0 Å². The fraction of sp³-hybridized carbons (Fsp3) is 0.400. The molecule has 0 atom stereocenters. The van der Waals surface area contributed by atoms with Crippen LogP contribution in [0.2, 0.25) is 0 Å². The zero-order valence-electron chi connectivity index (χ0n) is 14.0. The standard InChI is InChI=1S/C20H28N2/c1-4-5-8-16-9-6-11-18(13-16)20(21,22)19-12-7-10-17(14-19)15(2)3/h6-7,9-15H,4-5,8,21-22H2,1-3H3. The molecule has 0 bridgehead atoms. The molecule has 2 aromatic rings. The second kappa shape index (κ2) is 7.08. The van der Waals surface area contributed by atoms with Crippen LogP contribution in [-0.4, -0.2) is 0 Å². The van der Waals surface area contributed by atoms with Gasteiger partial charge in [-0.3, -0.25) is 0 Å². The molecule has 2 rings (SSSR count). The van der Waals surface area contributed by atoms with E-state index < -0.39 is 5.66 Å². The molecule has 2 aromatic carbocycles. The van der Waals surface area contributed by atoms with E-state index >= 15 is 0 Å². The third-order valence-corrected chi connectivity index (χ3v) is 4.25. The van der Waals surface area contributed by atoms with Crippen molar-refractivity contribution >= 4 is 0 Å². The molecule has 118 valence electrons. The Morgan fingerprint density at radius 2 is 1.59 bits per heavy atom. The summed E-state index contributed by atoms with van der Waals surface area (Å²) < 4.78 is 0. The van der Waals surface area contributed by atoms with E-state index in [4.69, 9.17) is 11.5 Å². The summed E-state index contributed by atoms with van der Waals surface area (Å²) in [6, 6.07) is 16.7. The van der Waals surface area contributed by atoms with Crippen LogP contribution in [0.15, 0.2) is 48.5 Å². The van der Waals surface area contributed by atoms with E-state index in [1.165, 1.54) is 24.0 Å². The Bertz CT molecular complexity index is 615. The lowest BCUT2D eigenvalue weighted by Gasteiger charge is -2.27. The minimum absolute atomic E-state index is 0.464. The smallest absolute Gasteiger partial charge is 0.116 e. The van der Waals surface area contributed by atoms with Crippen molar-refractivity contribution in [3.05, 3.63) is 70.8 Å². The van der Waals surface area contributed by atoms with E-state index in [2.05, 4.69) is 51.1 Å². The molecule has 0 amide bonds. The minimum Gasteiger partial charge on any atom is -0.306 e. The first-order chi connectivity index (χ1) is 10.4. The van der Waals surface area contributed by atoms with Gasteiger partial charge in [0.25, 0.3) is 0 Å². The van der Waals surface area contributed by atoms with Crippen LogP contribution in [-0.2, 0) is 12.1 Å². The van der Waals surface area contributed by atoms with E-state index in [9.17, 15) is 0 Å². The summed E-state index contributed by atoms with van der Waals surface area (Å²) in [5, 5.41) is 0. The highest BCUT2D eigenvalue weighted by Crippen LogP contribution is 2.26. The Morgan fingerprint density at radius 3 is 2.23 bits per heavy atom. The first-order valence-corrected chi connectivity index (χ1v) is 8.22. The maximum Gasteiger partial charge on any atom is 0.116 e. The first kappa shape index (κ1) is 16.7. The van der Waals surface area contributed by atoms with Gasteiger partial charge in [-0.25, -0.2) is 0 Å². The zero-order valence-corrected chi connectivity index (χ0v) is 14.0. The average Bonchev–Trinajstić information content (AvgIpc) is 2.53. The van der Waals surface area contributed by atoms with Gasteiger partial charge in [-0.1, -0.05) is 75.7 Å². The van der Waals surface area contributed by atoms with Crippen LogP contribution in [0.3, 0.4) is 0 Å². The largest absolute Gasteiger partial charge is 0.306 e. The van der Waals surface area contributed by atoms with E-state index in [1.54, 1.807) is 0 Å². The number of hydrogen-bond donors (Lipinski definition) is 2. The lowest BCUT2D eigenvalue weighted by molar-refractivity contribution is 0.565. The molecule has 0 fully saturated rings. The maximum absolute atomic E-state index is 6.50. The fourth-order valence-electron chi connectivity index (χ4n) is 2.69. The number of rotatable bonds is 6. The number of aryl methyl sites for hydroxylation is 1. The Hall–Kier alpha value is -1.64. The summed E-state index contributed by atoms with van der Waals surface area (Å²) in [6.45, 7) is 6.57. The van der Waals surface area contributed by atoms with Crippen LogP contribution in [0.4, 0.5) is 0 Å². The van der Waals surface area contributed by atoms with Gasteiger partial charge >= 0.3 is 0 Å². The van der Waals surface area contributed by atoms with Crippen LogP contribution in [0.5, 0.6) is 0 Å². The molecule has 2 nitrogen and oxygen atoms in total. The average molecular weight is 296 g/mol. The number of hydrogen-bond acceptors (Lipinski definition) is 2. The van der Waals surface area contributed by atoms with Gasteiger partial charge < -0.3 is 11.5 Å². The second-order valence-electron chi connectivity index (χ2n) is 6.45. The predicted octanol–water partition coefficient (Wildman–Crippen LogP) is 4.27. The Morgan fingerprint density at radius 1 is 0.955 bits per heavy atom. The van der Waals surface area contributed by atoms with Crippen LogP contribution < -0.4 is 11.5 Å². The number of benzene rings is 2. The molecule has 0 aromatic heterocycles. The molecule has 0 unspecified atom stereocenters. The number of unbranched alkanes of at least 4 members (excludes halogenated alkanes) is 1. The normalized spacial score (nSPS) is 11.9. The van der Waals surface area contributed by atoms with E-state index in [0.29, 0.717) is 5.92 Å². The van der Waals surface area contributed by atoms with Gasteiger partial charge in [0.15, 0.2) is 0 Å². The third-order valence-electron chi connectivity index (χ3n) is 4.25. The molecule has 0 heterocycles. The molecule has 0 saturated carbocycles. The van der Waals surface area contributed by atoms with Crippen molar-refractivity contribution < 1.29 is 0 Å². The highest BCUT2D eigenvalue weighted by atomic mass is 15.0. The molecule has 22 heavy (non-hydrogen) atoms. The second-order valence-corrected chi connectivity index (χ2v) is 6.45. The molecule has 2 heteroatoms. The van der Waals surface area contributed by atoms with Gasteiger partial charge in [0.1, 0.15) is 5.66 Å². The molecular weight excluding hydrogens is 268 g/mol. The maximum atomic E-state index is 6.50. The van der Waals surface area contributed by atoms with Crippen LogP contribution in [0.1, 0.15) is 61.8 Å². The molecule has 4 N–H and O–H groups in total. The summed E-state index contributed by atoms with van der Waals surface area (Å²) >= 11 is 0. The molecule has 0 aliphatic rings. The Balaban J connectivity index is 2.35. The summed E-state index contributed by atoms with van der Waals surface area (Å²) in [4.78, 5) is 0. The van der Waals surface area contributed by atoms with Crippen molar-refractivity contribution in [3.8, 4) is 0 Å². The lowest BCUT2D eigenvalue weighted by Crippen LogP contribution is -2.47. The van der Waals surface area contributed by atoms with Crippen LogP contribution in [0, 0.1) is 0 Å². The van der Waals surface area contributed by atoms with E-state index in [0.717, 1.165) is 17.5 Å². The molecular formula is C20H28N2. The summed E-state index contributed by atoms with van der Waals surface area (Å²) in [5.41, 5.74) is 16.6. The van der Waals surface area contributed by atoms with Gasteiger partial charge in [0, 0.05) is 0 Å². The zero-order chi connectivity index (χ0) is 16.2. The van der Waals surface area contributed by atoms with Crippen molar-refractivity contribution in [2.24, 2.45) is 11.5 Å². The lowest BCUT2D eigenvalue weighted by atomic mass is 9.89. The van der Waals surface area contributed by atoms with Gasteiger partial charge in [-0.15, -0.1) is 0 Å². The highest BCUT2D eigenvalue weighted by Gasteiger charge is 2.25. The highest BCUT2D eigenvalue weighted by molar-refractivity contribution is 5.40. The van der Waals surface area contributed by atoms with Crippen molar-refractivity contribution in [1.29, 1.82) is 0 Å². The monoisotopic (exact) mass is 296 g/mol. The topological polar surface area (TPSA) is 52.0 Å². The van der Waals surface area contributed by atoms with Crippen molar-refractivity contribution in [3.63, 3.8) is 0 Å². The summed E-state index contributed by atoms with van der Waals surface area (Å²) in [7, 11) is 0. The Kier molecular flexibility index (Phi) is 5.38. The van der Waals surface area contributed by atoms with Gasteiger partial charge in [0.2, 0.25) is 0 Å². The molecule has 0 radical (unpaired) electrons. The predicted molar refractivity (Wildman–Crippen MR) is 94.7 cm³/mol. The van der Waals surface area contributed by atoms with Crippen LogP contribution in [0.25, 0.3) is 0 Å². The van der Waals surface area contributed by atoms with Gasteiger partial charge in [-0.05, 0) is 41.0 Å². The fourth-order valence-corrected chi connectivity index (χ4v) is 2.69. The van der Waals surface area contributed by atoms with Crippen molar-refractivity contribution in [2.75, 3.05) is 0 Å². The van der Waals surface area contributed by atoms with E-state index in [1.807, 2.05) is 18.2 Å². The SMILES string of the molecule is CCCCc1cccc(C(N)(N)c2cccc(C(C)C)c2)c1. The van der Waals surface area contributed by atoms with Crippen LogP contribution >= 0.6 is 0 Å². The minimum atomic E-state index is -0.951. The first-order valence-electron chi connectivity index (χ1n) is 8.22. The summed E-state index contributed by atoms with van der Waals surface area (Å²) in [5.74, 6) is 0.464.